The summed E-state index contributed by atoms with van der Waals surface area (Å²) in [5.74, 6) is 1.76. The maximum Gasteiger partial charge on any atom is 0.123 e. The van der Waals surface area contributed by atoms with Crippen molar-refractivity contribution in [2.75, 3.05) is 26.7 Å². The minimum absolute atomic E-state index is 0.327. The number of hydrogen-bond acceptors (Lipinski definition) is 3. The Morgan fingerprint density at radius 2 is 2.10 bits per heavy atom. The molecule has 1 fully saturated rings. The maximum atomic E-state index is 5.52. The lowest BCUT2D eigenvalue weighted by molar-refractivity contribution is 0.263. The number of benzene rings is 1. The minimum atomic E-state index is 0.327. The molecule has 0 aromatic heterocycles. The summed E-state index contributed by atoms with van der Waals surface area (Å²) in [5, 5.41) is 3.69. The van der Waals surface area contributed by atoms with Crippen LogP contribution in [0.2, 0.25) is 0 Å². The van der Waals surface area contributed by atoms with Gasteiger partial charge in [0.25, 0.3) is 0 Å². The molecule has 118 valence electrons. The molecule has 0 aliphatic carbocycles. The third-order valence-corrected chi connectivity index (χ3v) is 4.62. The van der Waals surface area contributed by atoms with Gasteiger partial charge in [-0.2, -0.15) is 0 Å². The molecule has 0 saturated carbocycles. The average molecular weight is 290 g/mol. The summed E-state index contributed by atoms with van der Waals surface area (Å²) in [6.45, 7) is 12.5. The van der Waals surface area contributed by atoms with Gasteiger partial charge in [-0.15, -0.1) is 0 Å². The average Bonchev–Trinajstić information content (AvgIpc) is 2.93. The van der Waals surface area contributed by atoms with Gasteiger partial charge in [0.05, 0.1) is 7.11 Å². The monoisotopic (exact) mass is 290 g/mol. The molecular weight excluding hydrogens is 260 g/mol. The highest BCUT2D eigenvalue weighted by molar-refractivity contribution is 5.39. The minimum Gasteiger partial charge on any atom is -0.496 e. The molecule has 0 bridgehead atoms. The van der Waals surface area contributed by atoms with E-state index >= 15 is 0 Å². The molecule has 3 heteroatoms. The zero-order valence-corrected chi connectivity index (χ0v) is 14.1. The Balaban J connectivity index is 1.89. The lowest BCUT2D eigenvalue weighted by Crippen LogP contribution is -2.31. The molecule has 1 aliphatic rings. The number of methoxy groups -OCH3 is 1. The van der Waals surface area contributed by atoms with Crippen LogP contribution in [0.4, 0.5) is 0 Å². The first kappa shape index (κ1) is 16.3. The first-order valence-corrected chi connectivity index (χ1v) is 8.13. The SMILES string of the molecule is COc1cc(C)ccc1C(C)NCC1CCN(C(C)C)C1. The second kappa shape index (κ2) is 7.28. The van der Waals surface area contributed by atoms with Crippen LogP contribution in [-0.4, -0.2) is 37.7 Å². The van der Waals surface area contributed by atoms with Crippen LogP contribution in [-0.2, 0) is 0 Å². The highest BCUT2D eigenvalue weighted by atomic mass is 16.5. The number of likely N-dealkylation sites (tertiary alicyclic amines) is 1. The van der Waals surface area contributed by atoms with Gasteiger partial charge in [-0.1, -0.05) is 12.1 Å². The van der Waals surface area contributed by atoms with E-state index in [-0.39, 0.29) is 0 Å². The van der Waals surface area contributed by atoms with Crippen LogP contribution in [0.1, 0.15) is 44.4 Å². The topological polar surface area (TPSA) is 24.5 Å². The third kappa shape index (κ3) is 4.21. The molecule has 1 aliphatic heterocycles. The summed E-state index contributed by atoms with van der Waals surface area (Å²) in [6.07, 6.45) is 1.31. The number of ether oxygens (including phenoxy) is 1. The van der Waals surface area contributed by atoms with Gasteiger partial charge in [-0.3, -0.25) is 0 Å². The number of rotatable bonds is 6. The zero-order chi connectivity index (χ0) is 15.4. The lowest BCUT2D eigenvalue weighted by Gasteiger charge is -2.22. The van der Waals surface area contributed by atoms with E-state index in [1.807, 2.05) is 0 Å². The Bertz CT molecular complexity index is 459. The van der Waals surface area contributed by atoms with Gasteiger partial charge in [-0.25, -0.2) is 0 Å². The van der Waals surface area contributed by atoms with Gasteiger partial charge >= 0.3 is 0 Å². The largest absolute Gasteiger partial charge is 0.496 e. The van der Waals surface area contributed by atoms with Gasteiger partial charge < -0.3 is 15.0 Å². The first-order chi connectivity index (χ1) is 10.0. The fraction of sp³-hybridized carbons (Fsp3) is 0.667. The number of hydrogen-bond donors (Lipinski definition) is 1. The van der Waals surface area contributed by atoms with Crippen molar-refractivity contribution in [3.05, 3.63) is 29.3 Å². The second-order valence-electron chi connectivity index (χ2n) is 6.62. The molecule has 2 rings (SSSR count). The van der Waals surface area contributed by atoms with E-state index in [1.165, 1.54) is 30.6 Å². The Kier molecular flexibility index (Phi) is 5.65. The van der Waals surface area contributed by atoms with Crippen molar-refractivity contribution in [1.29, 1.82) is 0 Å². The highest BCUT2D eigenvalue weighted by Gasteiger charge is 2.24. The predicted octanol–water partition coefficient (Wildman–Crippen LogP) is 3.38. The molecule has 1 N–H and O–H groups in total. The van der Waals surface area contributed by atoms with Crippen LogP contribution in [0.5, 0.6) is 5.75 Å². The summed E-state index contributed by atoms with van der Waals surface area (Å²) in [4.78, 5) is 2.57. The van der Waals surface area contributed by atoms with Crippen LogP contribution in [0.3, 0.4) is 0 Å². The van der Waals surface area contributed by atoms with Crippen molar-refractivity contribution in [3.8, 4) is 5.75 Å². The standard InChI is InChI=1S/C18H30N2O/c1-13(2)20-9-8-16(12-20)11-19-15(4)17-7-6-14(3)10-18(17)21-5/h6-7,10,13,15-16,19H,8-9,11-12H2,1-5H3. The van der Waals surface area contributed by atoms with Gasteiger partial charge in [0.15, 0.2) is 0 Å². The fourth-order valence-corrected chi connectivity index (χ4v) is 3.13. The number of nitrogens with zero attached hydrogens (tertiary/aromatic N) is 1. The molecule has 3 nitrogen and oxygen atoms in total. The van der Waals surface area contributed by atoms with Crippen LogP contribution < -0.4 is 10.1 Å². The molecule has 1 heterocycles. The Hall–Kier alpha value is -1.06. The molecule has 2 atom stereocenters. The van der Waals surface area contributed by atoms with Crippen LogP contribution in [0.25, 0.3) is 0 Å². The van der Waals surface area contributed by atoms with Crippen molar-refractivity contribution in [3.63, 3.8) is 0 Å². The summed E-state index contributed by atoms with van der Waals surface area (Å²) < 4.78 is 5.52. The van der Waals surface area contributed by atoms with Gasteiger partial charge in [-0.05, 0) is 64.8 Å². The van der Waals surface area contributed by atoms with E-state index in [0.29, 0.717) is 12.1 Å². The highest BCUT2D eigenvalue weighted by Crippen LogP contribution is 2.26. The molecule has 1 aromatic rings. The van der Waals surface area contributed by atoms with E-state index in [0.717, 1.165) is 18.2 Å². The van der Waals surface area contributed by atoms with Crippen molar-refractivity contribution >= 4 is 0 Å². The molecule has 1 saturated heterocycles. The first-order valence-electron chi connectivity index (χ1n) is 8.13. The van der Waals surface area contributed by atoms with Crippen molar-refractivity contribution < 1.29 is 4.74 Å². The van der Waals surface area contributed by atoms with Crippen LogP contribution in [0, 0.1) is 12.8 Å². The smallest absolute Gasteiger partial charge is 0.123 e. The Morgan fingerprint density at radius 1 is 1.33 bits per heavy atom. The van der Waals surface area contributed by atoms with E-state index in [2.05, 4.69) is 56.1 Å². The molecule has 0 amide bonds. The van der Waals surface area contributed by atoms with E-state index in [9.17, 15) is 0 Å². The molecular formula is C18H30N2O. The van der Waals surface area contributed by atoms with Gasteiger partial charge in [0.2, 0.25) is 0 Å². The normalized spacial score (nSPS) is 21.0. The van der Waals surface area contributed by atoms with Crippen molar-refractivity contribution in [1.82, 2.24) is 10.2 Å². The fourth-order valence-electron chi connectivity index (χ4n) is 3.13. The van der Waals surface area contributed by atoms with E-state index in [4.69, 9.17) is 4.74 Å². The number of aryl methyl sites for hydroxylation is 1. The summed E-state index contributed by atoms with van der Waals surface area (Å²) in [6, 6.07) is 7.45. The lowest BCUT2D eigenvalue weighted by atomic mass is 10.0. The van der Waals surface area contributed by atoms with E-state index in [1.54, 1.807) is 7.11 Å². The quantitative estimate of drug-likeness (QED) is 0.869. The molecule has 0 radical (unpaired) electrons. The van der Waals surface area contributed by atoms with E-state index < -0.39 is 0 Å². The second-order valence-corrected chi connectivity index (χ2v) is 6.62. The Labute approximate surface area is 129 Å². The maximum absolute atomic E-state index is 5.52. The third-order valence-electron chi connectivity index (χ3n) is 4.62. The summed E-state index contributed by atoms with van der Waals surface area (Å²) >= 11 is 0. The number of nitrogens with one attached hydrogen (secondary N) is 1. The molecule has 2 unspecified atom stereocenters. The molecule has 0 spiro atoms. The summed E-state index contributed by atoms with van der Waals surface area (Å²) in [7, 11) is 1.75. The molecule has 1 aromatic carbocycles. The van der Waals surface area contributed by atoms with Gasteiger partial charge in [0, 0.05) is 24.2 Å². The summed E-state index contributed by atoms with van der Waals surface area (Å²) in [5.41, 5.74) is 2.49. The Morgan fingerprint density at radius 3 is 2.71 bits per heavy atom. The van der Waals surface area contributed by atoms with Crippen LogP contribution in [0.15, 0.2) is 18.2 Å². The van der Waals surface area contributed by atoms with Gasteiger partial charge in [0.1, 0.15) is 5.75 Å². The predicted molar refractivity (Wildman–Crippen MR) is 89.0 cm³/mol. The van der Waals surface area contributed by atoms with Crippen molar-refractivity contribution in [2.45, 2.75) is 46.2 Å². The van der Waals surface area contributed by atoms with Crippen molar-refractivity contribution in [2.24, 2.45) is 5.92 Å². The zero-order valence-electron chi connectivity index (χ0n) is 14.1. The van der Waals surface area contributed by atoms with Crippen LogP contribution >= 0.6 is 0 Å². The molecule has 21 heavy (non-hydrogen) atoms.